The summed E-state index contributed by atoms with van der Waals surface area (Å²) in [5, 5.41) is 62.2. The van der Waals surface area contributed by atoms with Crippen molar-refractivity contribution in [1.29, 1.82) is 0 Å². The molecule has 0 saturated carbocycles. The number of aromatic nitrogens is 2. The molecule has 0 fully saturated rings. The number of rotatable bonds is 41. The lowest BCUT2D eigenvalue weighted by molar-refractivity contribution is -0.142. The van der Waals surface area contributed by atoms with Gasteiger partial charge in [-0.1, -0.05) is 38.1 Å². The second-order valence-corrected chi connectivity index (χ2v) is 23.0. The molecular weight excluding hydrogens is 1210 g/mol. The highest BCUT2D eigenvalue weighted by Gasteiger charge is 2.36. The second kappa shape index (κ2) is 39.3. The van der Waals surface area contributed by atoms with Crippen molar-refractivity contribution in [2.45, 2.75) is 152 Å². The van der Waals surface area contributed by atoms with Crippen LogP contribution in [-0.2, 0) is 72.0 Å². The minimum absolute atomic E-state index is 0.00739. The Morgan fingerprint density at radius 3 is 1.49 bits per heavy atom. The van der Waals surface area contributed by atoms with Gasteiger partial charge in [0.05, 0.1) is 18.8 Å². The number of nitrogens with zero attached hydrogens (tertiary/aromatic N) is 2. The van der Waals surface area contributed by atoms with Gasteiger partial charge in [-0.15, -0.1) is 0 Å². The largest absolute Gasteiger partial charge is 0.508 e. The molecule has 0 aliphatic rings. The summed E-state index contributed by atoms with van der Waals surface area (Å²) < 4.78 is 0. The number of imidazole rings is 1. The Hall–Kier alpha value is -8.69. The lowest BCUT2D eigenvalue weighted by atomic mass is 10.0. The normalized spacial score (nSPS) is 14.4. The van der Waals surface area contributed by atoms with E-state index in [0.29, 0.717) is 29.0 Å². The minimum atomic E-state index is -1.90. The summed E-state index contributed by atoms with van der Waals surface area (Å²) in [5.74, 6) is -11.8. The van der Waals surface area contributed by atoms with Crippen LogP contribution in [-0.4, -0.2) is 193 Å². The number of hydrogen-bond donors (Lipinski definition) is 19. The van der Waals surface area contributed by atoms with Crippen LogP contribution in [0, 0.1) is 5.92 Å². The number of thioether (sulfide) groups is 1. The number of carbonyl (C=O) groups is 11. The van der Waals surface area contributed by atoms with Crippen LogP contribution in [0.3, 0.4) is 0 Å². The Morgan fingerprint density at radius 2 is 1.02 bits per heavy atom. The third-order valence-electron chi connectivity index (χ3n) is 13.7. The quantitative estimate of drug-likeness (QED) is 0.0117. The summed E-state index contributed by atoms with van der Waals surface area (Å²) in [6.07, 6.45) is 3.80. The number of aromatic amines is 1. The topological polar surface area (TPSA) is 522 Å². The molecule has 31 nitrogen and oxygen atoms in total. The summed E-state index contributed by atoms with van der Waals surface area (Å²) in [4.78, 5) is 160. The van der Waals surface area contributed by atoms with Crippen molar-refractivity contribution in [2.24, 2.45) is 33.8 Å². The number of aromatic hydroxyl groups is 2. The highest BCUT2D eigenvalue weighted by atomic mass is 32.2. The molecular formula is C57H86N16O15S2. The van der Waals surface area contributed by atoms with Gasteiger partial charge >= 0.3 is 11.9 Å². The van der Waals surface area contributed by atoms with E-state index >= 15 is 0 Å². The van der Waals surface area contributed by atoms with Crippen molar-refractivity contribution in [1.82, 2.24) is 57.8 Å². The van der Waals surface area contributed by atoms with Crippen LogP contribution >= 0.6 is 24.4 Å². The third kappa shape index (κ3) is 27.8. The lowest BCUT2D eigenvalue weighted by Gasteiger charge is -2.27. The zero-order valence-corrected chi connectivity index (χ0v) is 52.3. The molecule has 1 aromatic heterocycles. The molecule has 0 radical (unpaired) electrons. The van der Waals surface area contributed by atoms with Gasteiger partial charge in [-0.2, -0.15) is 24.4 Å². The molecule has 0 unspecified atom stereocenters. The van der Waals surface area contributed by atoms with E-state index in [9.17, 15) is 73.2 Å². The van der Waals surface area contributed by atoms with E-state index in [0.717, 1.165) is 0 Å². The number of H-pyrrole nitrogens is 1. The minimum Gasteiger partial charge on any atom is -0.508 e. The van der Waals surface area contributed by atoms with Crippen LogP contribution in [0.25, 0.3) is 0 Å². The zero-order chi connectivity index (χ0) is 67.0. The van der Waals surface area contributed by atoms with Gasteiger partial charge in [-0.25, -0.2) is 9.78 Å². The van der Waals surface area contributed by atoms with Crippen LogP contribution in [0.2, 0.25) is 0 Å². The number of benzene rings is 2. The smallest absolute Gasteiger partial charge is 0.326 e. The number of carboxylic acids is 2. The number of unbranched alkanes of at least 4 members (excludes halogenated alkanes) is 1. The van der Waals surface area contributed by atoms with Gasteiger partial charge in [0, 0.05) is 43.5 Å². The number of guanidine groups is 1. The number of aliphatic carboxylic acids is 2. The fraction of sp³-hybridized carbons (Fsp3) is 0.526. The van der Waals surface area contributed by atoms with E-state index < -0.39 is 138 Å². The SMILES string of the molecule is CSCC[C@H](NC(=O)[C@H](Cc1ccc(O)cc1)NC(=O)[C@H](CCCCN)NC(=O)[C@H](CS)NC(=O)[C@H](CC(=O)O)NC(=O)[C@H](C)NC(=O)[C@H](CCCN=C(N)N)NC(=O)[C@H](Cc1ccc(O)cc1)NC(=O)[C@@H](N)CC(C)C)C(=O)N[C@@H](Cc1cnc[nH]1)C(=O)O. The Morgan fingerprint density at radius 1 is 0.578 bits per heavy atom. The molecule has 10 atom stereocenters. The summed E-state index contributed by atoms with van der Waals surface area (Å²) in [7, 11) is 0. The molecule has 0 bridgehead atoms. The second-order valence-electron chi connectivity index (χ2n) is 21.6. The van der Waals surface area contributed by atoms with Crippen molar-refractivity contribution in [3.63, 3.8) is 0 Å². The number of nitrogens with one attached hydrogen (secondary N) is 10. The Balaban J connectivity index is 1.85. The monoisotopic (exact) mass is 1300 g/mol. The molecule has 3 aromatic rings. The first-order chi connectivity index (χ1) is 42.6. The summed E-state index contributed by atoms with van der Waals surface area (Å²) >= 11 is 5.57. The summed E-state index contributed by atoms with van der Waals surface area (Å²) in [5.41, 5.74) is 24.2. The van der Waals surface area contributed by atoms with E-state index in [-0.39, 0.29) is 94.3 Å². The summed E-state index contributed by atoms with van der Waals surface area (Å²) in [6, 6.07) is -2.93. The van der Waals surface area contributed by atoms with Crippen LogP contribution in [0.1, 0.15) is 89.0 Å². The highest BCUT2D eigenvalue weighted by molar-refractivity contribution is 7.98. The molecule has 2 aromatic carbocycles. The summed E-state index contributed by atoms with van der Waals surface area (Å²) in [6.45, 7) is 5.10. The van der Waals surface area contributed by atoms with Crippen LogP contribution in [0.15, 0.2) is 66.0 Å². The van der Waals surface area contributed by atoms with Gasteiger partial charge in [0.25, 0.3) is 0 Å². The molecule has 9 amide bonds. The Labute approximate surface area is 530 Å². The number of aliphatic imine (C=N–C) groups is 1. The highest BCUT2D eigenvalue weighted by Crippen LogP contribution is 2.16. The van der Waals surface area contributed by atoms with Crippen molar-refractivity contribution >= 4 is 95.5 Å². The van der Waals surface area contributed by atoms with E-state index in [4.69, 9.17) is 22.9 Å². The predicted octanol–water partition coefficient (Wildman–Crippen LogP) is -2.97. The number of phenols is 2. The standard InChI is InChI=1S/C57H86N16O15S2/c1-30(2)22-37(59)48(79)70-41(23-32-10-14-35(74)15-11-32)52(83)66-39(9-7-20-63-57(60)61)49(80)65-31(3)47(78)69-43(26-46(76)77)54(85)73-45(28-89)55(86)67-38(8-5-6-19-58)50(81)71-42(24-33-12-16-36(75)17-13-33)53(84)68-40(18-21-90-4)51(82)72-44(56(87)88)25-34-27-62-29-64-34/h10-17,27,29-31,37-45,74-75,89H,5-9,18-26,28,58-59H2,1-4H3,(H,62,64)(H,65,80)(H,66,83)(H,67,86)(H,68,84)(H,69,78)(H,70,79)(H,71,81)(H,72,82)(H,73,85)(H,76,77)(H,87,88)(H4,60,61,63)/t31-,37-,38-,39-,40-,41-,42-,43-,44-,45-/m0/s1. The maximum Gasteiger partial charge on any atom is 0.326 e. The third-order valence-corrected chi connectivity index (χ3v) is 14.7. The van der Waals surface area contributed by atoms with Gasteiger partial charge in [0.15, 0.2) is 5.96 Å². The number of amides is 9. The number of carboxylic acid groups (broad SMARTS) is 2. The number of phenolic OH excluding ortho intramolecular Hbond substituents is 2. The molecule has 0 aliphatic carbocycles. The maximum atomic E-state index is 14.4. The fourth-order valence-electron chi connectivity index (χ4n) is 8.79. The van der Waals surface area contributed by atoms with Crippen molar-refractivity contribution in [3.8, 4) is 11.5 Å². The molecule has 0 saturated heterocycles. The molecule has 496 valence electrons. The van der Waals surface area contributed by atoms with Crippen molar-refractivity contribution in [2.75, 3.05) is 30.9 Å². The lowest BCUT2D eigenvalue weighted by Crippen LogP contribution is -2.61. The average Bonchev–Trinajstić information content (AvgIpc) is 2.25. The van der Waals surface area contributed by atoms with E-state index in [1.807, 2.05) is 13.8 Å². The number of nitrogens with two attached hydrogens (primary N) is 4. The maximum absolute atomic E-state index is 14.4. The Bertz CT molecular complexity index is 2880. The van der Waals surface area contributed by atoms with Gasteiger partial charge in [-0.3, -0.25) is 52.9 Å². The van der Waals surface area contributed by atoms with E-state index in [1.54, 1.807) is 6.26 Å². The molecule has 90 heavy (non-hydrogen) atoms. The Kier molecular flexibility index (Phi) is 33.0. The predicted molar refractivity (Wildman–Crippen MR) is 336 cm³/mol. The van der Waals surface area contributed by atoms with Gasteiger partial charge in [0.1, 0.15) is 65.9 Å². The van der Waals surface area contributed by atoms with Crippen LogP contribution in [0.4, 0.5) is 0 Å². The molecule has 0 spiro atoms. The van der Waals surface area contributed by atoms with Gasteiger partial charge in [0.2, 0.25) is 53.2 Å². The number of carbonyl (C=O) groups excluding carboxylic acids is 9. The van der Waals surface area contributed by atoms with Crippen molar-refractivity contribution < 1.29 is 73.2 Å². The van der Waals surface area contributed by atoms with E-state index in [1.165, 1.54) is 79.7 Å². The molecule has 1 heterocycles. The van der Waals surface area contributed by atoms with Gasteiger partial charge in [-0.05, 0) is 112 Å². The fourth-order valence-corrected chi connectivity index (χ4v) is 9.52. The van der Waals surface area contributed by atoms with Gasteiger partial charge < -0.3 is 96.2 Å². The average molecular weight is 1300 g/mol. The first-order valence-electron chi connectivity index (χ1n) is 29.0. The molecule has 3 rings (SSSR count). The van der Waals surface area contributed by atoms with Crippen molar-refractivity contribution in [3.05, 3.63) is 77.9 Å². The molecule has 22 N–H and O–H groups in total. The zero-order valence-electron chi connectivity index (χ0n) is 50.6. The van der Waals surface area contributed by atoms with Crippen LogP contribution < -0.4 is 70.8 Å². The van der Waals surface area contributed by atoms with Crippen LogP contribution in [0.5, 0.6) is 11.5 Å². The first kappa shape index (κ1) is 75.6. The molecule has 33 heteroatoms. The first-order valence-corrected chi connectivity index (χ1v) is 31.0. The molecule has 0 aliphatic heterocycles. The number of hydrogen-bond acceptors (Lipinski definition) is 19. The van der Waals surface area contributed by atoms with E-state index in [2.05, 4.69) is 75.4 Å². The number of thiol groups is 1.